The average Bonchev–Trinajstić information content (AvgIpc) is 3.13. The fourth-order valence-corrected chi connectivity index (χ4v) is 3.00. The Morgan fingerprint density at radius 1 is 1.26 bits per heavy atom. The first-order valence-corrected chi connectivity index (χ1v) is 8.30. The number of nitrogens with zero attached hydrogens (tertiary/aromatic N) is 5. The molecular formula is C16H24N6O. The van der Waals surface area contributed by atoms with Crippen molar-refractivity contribution in [3.63, 3.8) is 0 Å². The topological polar surface area (TPSA) is 93.1 Å². The van der Waals surface area contributed by atoms with Crippen molar-refractivity contribution in [3.8, 4) is 0 Å². The molecule has 1 aliphatic carbocycles. The molecule has 2 aromatic rings. The number of aliphatic hydroxyl groups is 1. The molecule has 1 aliphatic heterocycles. The molecule has 1 saturated heterocycles. The molecule has 0 spiro atoms. The third-order valence-electron chi connectivity index (χ3n) is 4.32. The van der Waals surface area contributed by atoms with Gasteiger partial charge >= 0.3 is 0 Å². The minimum atomic E-state index is 0.172. The Hall–Kier alpha value is -2.15. The molecule has 0 unspecified atom stereocenters. The lowest BCUT2D eigenvalue weighted by atomic mass is 10.1. The van der Waals surface area contributed by atoms with Crippen molar-refractivity contribution in [2.45, 2.75) is 32.7 Å². The summed E-state index contributed by atoms with van der Waals surface area (Å²) in [6, 6.07) is 0.172. The summed E-state index contributed by atoms with van der Waals surface area (Å²) in [6.07, 6.45) is 8.00. The first-order chi connectivity index (χ1) is 11.3. The van der Waals surface area contributed by atoms with E-state index in [4.69, 9.17) is 5.73 Å². The molecule has 7 heteroatoms. The van der Waals surface area contributed by atoms with Crippen molar-refractivity contribution in [1.82, 2.24) is 19.5 Å². The number of fused-ring (bicyclic) bond motifs is 1. The lowest BCUT2D eigenvalue weighted by Gasteiger charge is -2.32. The summed E-state index contributed by atoms with van der Waals surface area (Å²) < 4.78 is 2.03. The van der Waals surface area contributed by atoms with E-state index in [1.807, 2.05) is 18.4 Å². The van der Waals surface area contributed by atoms with Crippen molar-refractivity contribution < 1.29 is 5.11 Å². The van der Waals surface area contributed by atoms with E-state index in [1.54, 1.807) is 6.33 Å². The van der Waals surface area contributed by atoms with E-state index >= 15 is 0 Å². The van der Waals surface area contributed by atoms with Gasteiger partial charge in [-0.2, -0.15) is 9.97 Å². The smallest absolute Gasteiger partial charge is 0.224 e. The highest BCUT2D eigenvalue weighted by atomic mass is 16.3. The average molecular weight is 316 g/mol. The van der Waals surface area contributed by atoms with Gasteiger partial charge in [0.05, 0.1) is 12.4 Å². The minimum absolute atomic E-state index is 0.172. The Morgan fingerprint density at radius 2 is 2.04 bits per heavy atom. The Labute approximate surface area is 135 Å². The SMILES string of the molecule is CC.Nc1nc(N2CCC2)c2ncn([C@H]3C=C[C@@H](CO)C3)c2n1. The zero-order valence-corrected chi connectivity index (χ0v) is 13.7. The van der Waals surface area contributed by atoms with Crippen LogP contribution in [0.1, 0.15) is 32.7 Å². The van der Waals surface area contributed by atoms with E-state index in [9.17, 15) is 5.11 Å². The predicted molar refractivity (Wildman–Crippen MR) is 91.3 cm³/mol. The molecule has 2 aliphatic rings. The fourth-order valence-electron chi connectivity index (χ4n) is 3.00. The van der Waals surface area contributed by atoms with Crippen LogP contribution in [0.3, 0.4) is 0 Å². The summed E-state index contributed by atoms with van der Waals surface area (Å²) >= 11 is 0. The maximum absolute atomic E-state index is 9.27. The summed E-state index contributed by atoms with van der Waals surface area (Å²) in [6.45, 7) is 6.17. The standard InChI is InChI=1S/C14H18N6O.C2H6/c15-14-17-12(19-4-1-5-19)11-13(18-14)20(8-16-11)10-3-2-9(6-10)7-21;1-2/h2-3,8-10,21H,1,4-7H2,(H2,15,17,18);1-2H3/t9-,10+;/m1./s1. The third kappa shape index (κ3) is 2.76. The van der Waals surface area contributed by atoms with Crippen LogP contribution in [-0.2, 0) is 0 Å². The molecule has 1 fully saturated rings. The summed E-state index contributed by atoms with van der Waals surface area (Å²) in [7, 11) is 0. The molecule has 0 aromatic carbocycles. The molecule has 0 amide bonds. The quantitative estimate of drug-likeness (QED) is 0.838. The Bertz CT molecular complexity index is 706. The zero-order valence-electron chi connectivity index (χ0n) is 13.7. The van der Waals surface area contributed by atoms with E-state index in [0.29, 0.717) is 0 Å². The maximum atomic E-state index is 9.27. The molecule has 0 radical (unpaired) electrons. The van der Waals surface area contributed by atoms with Crippen LogP contribution in [0.2, 0.25) is 0 Å². The fraction of sp³-hybridized carbons (Fsp3) is 0.562. The summed E-state index contributed by atoms with van der Waals surface area (Å²) in [5.41, 5.74) is 7.46. The van der Waals surface area contributed by atoms with Crippen molar-refractivity contribution in [3.05, 3.63) is 18.5 Å². The second-order valence-corrected chi connectivity index (χ2v) is 5.70. The van der Waals surface area contributed by atoms with Crippen LogP contribution >= 0.6 is 0 Å². The van der Waals surface area contributed by atoms with Crippen molar-refractivity contribution >= 4 is 22.9 Å². The van der Waals surface area contributed by atoms with Crippen LogP contribution in [0, 0.1) is 5.92 Å². The second kappa shape index (κ2) is 6.54. The minimum Gasteiger partial charge on any atom is -0.396 e. The molecule has 3 heterocycles. The normalized spacial score (nSPS) is 22.8. The highest BCUT2D eigenvalue weighted by Crippen LogP contribution is 2.32. The molecule has 2 atom stereocenters. The number of aliphatic hydroxyl groups excluding tert-OH is 1. The largest absolute Gasteiger partial charge is 0.396 e. The van der Waals surface area contributed by atoms with Gasteiger partial charge in [0.15, 0.2) is 17.0 Å². The van der Waals surface area contributed by atoms with Crippen LogP contribution in [0.15, 0.2) is 18.5 Å². The highest BCUT2D eigenvalue weighted by molar-refractivity contribution is 5.85. The van der Waals surface area contributed by atoms with Crippen molar-refractivity contribution in [1.29, 1.82) is 0 Å². The first-order valence-electron chi connectivity index (χ1n) is 8.30. The zero-order chi connectivity index (χ0) is 16.4. The maximum Gasteiger partial charge on any atom is 0.224 e. The van der Waals surface area contributed by atoms with Gasteiger partial charge in [-0.1, -0.05) is 26.0 Å². The molecule has 0 saturated carbocycles. The van der Waals surface area contributed by atoms with Gasteiger partial charge in [-0.05, 0) is 12.8 Å². The lowest BCUT2D eigenvalue weighted by molar-refractivity contribution is 0.244. The third-order valence-corrected chi connectivity index (χ3v) is 4.32. The van der Waals surface area contributed by atoms with E-state index in [-0.39, 0.29) is 24.5 Å². The van der Waals surface area contributed by atoms with Gasteiger partial charge in [-0.15, -0.1) is 0 Å². The number of nitrogens with two attached hydrogens (primary N) is 1. The van der Waals surface area contributed by atoms with Gasteiger partial charge in [-0.25, -0.2) is 4.98 Å². The van der Waals surface area contributed by atoms with Crippen molar-refractivity contribution in [2.75, 3.05) is 30.3 Å². The van der Waals surface area contributed by atoms with Gasteiger partial charge < -0.3 is 20.3 Å². The lowest BCUT2D eigenvalue weighted by Crippen LogP contribution is -2.38. The van der Waals surface area contributed by atoms with Crippen LogP contribution in [0.25, 0.3) is 11.2 Å². The number of anilines is 2. The monoisotopic (exact) mass is 316 g/mol. The number of hydrogen-bond acceptors (Lipinski definition) is 6. The first kappa shape index (κ1) is 15.7. The predicted octanol–water partition coefficient (Wildman–Crippen LogP) is 1.75. The van der Waals surface area contributed by atoms with E-state index in [2.05, 4.69) is 32.0 Å². The summed E-state index contributed by atoms with van der Waals surface area (Å²) in [5.74, 6) is 1.33. The van der Waals surface area contributed by atoms with E-state index < -0.39 is 0 Å². The number of allylic oxidation sites excluding steroid dienone is 1. The number of rotatable bonds is 3. The number of nitrogen functional groups attached to an aromatic ring is 1. The van der Waals surface area contributed by atoms with E-state index in [1.165, 1.54) is 6.42 Å². The Balaban J connectivity index is 0.000000753. The van der Waals surface area contributed by atoms with Crippen LogP contribution in [0.5, 0.6) is 0 Å². The number of aromatic nitrogens is 4. The number of hydrogen-bond donors (Lipinski definition) is 2. The molecular weight excluding hydrogens is 292 g/mol. The van der Waals surface area contributed by atoms with Crippen LogP contribution < -0.4 is 10.6 Å². The van der Waals surface area contributed by atoms with Crippen LogP contribution in [-0.4, -0.2) is 44.3 Å². The molecule has 0 bridgehead atoms. The summed E-state index contributed by atoms with van der Waals surface area (Å²) in [5, 5.41) is 9.27. The van der Waals surface area contributed by atoms with Gasteiger partial charge in [0, 0.05) is 25.6 Å². The van der Waals surface area contributed by atoms with Gasteiger partial charge in [0.25, 0.3) is 0 Å². The van der Waals surface area contributed by atoms with Gasteiger partial charge in [0.2, 0.25) is 5.95 Å². The van der Waals surface area contributed by atoms with Crippen LogP contribution in [0.4, 0.5) is 11.8 Å². The molecule has 4 rings (SSSR count). The van der Waals surface area contributed by atoms with Gasteiger partial charge in [0.1, 0.15) is 0 Å². The van der Waals surface area contributed by atoms with Crippen molar-refractivity contribution in [2.24, 2.45) is 5.92 Å². The Morgan fingerprint density at radius 3 is 2.65 bits per heavy atom. The summed E-state index contributed by atoms with van der Waals surface area (Å²) in [4.78, 5) is 15.4. The molecule has 124 valence electrons. The molecule has 7 nitrogen and oxygen atoms in total. The molecule has 3 N–H and O–H groups in total. The van der Waals surface area contributed by atoms with Gasteiger partial charge in [-0.3, -0.25) is 0 Å². The van der Waals surface area contributed by atoms with E-state index in [0.717, 1.165) is 36.5 Å². The molecule has 2 aromatic heterocycles. The molecule has 23 heavy (non-hydrogen) atoms. The second-order valence-electron chi connectivity index (χ2n) is 5.70. The Kier molecular flexibility index (Phi) is 4.47. The number of imidazole rings is 1. The highest BCUT2D eigenvalue weighted by Gasteiger charge is 2.25.